The number of hydrogen-bond donors (Lipinski definition) is 1. The van der Waals surface area contributed by atoms with Crippen LogP contribution < -0.4 is 10.8 Å². The monoisotopic (exact) mass is 455 g/mol. The molecule has 1 saturated heterocycles. The lowest BCUT2D eigenvalue weighted by molar-refractivity contribution is -0.137. The van der Waals surface area contributed by atoms with Gasteiger partial charge in [0, 0.05) is 49.1 Å². The van der Waals surface area contributed by atoms with Gasteiger partial charge in [0.25, 0.3) is 0 Å². The number of carbonyl (C=O) groups is 1. The SMILES string of the molecule is Bc1cnn2c(NC3CCN(C(=O)COCCOC)CC3)cc(-c3ccccc3Cl)nc12. The second-order valence-corrected chi connectivity index (χ2v) is 8.32. The smallest absolute Gasteiger partial charge is 0.248 e. The zero-order valence-electron chi connectivity index (χ0n) is 18.4. The van der Waals surface area contributed by atoms with Crippen molar-refractivity contribution in [1.29, 1.82) is 0 Å². The Morgan fingerprint density at radius 3 is 2.81 bits per heavy atom. The second kappa shape index (κ2) is 10.3. The molecule has 8 nitrogen and oxygen atoms in total. The molecule has 1 N–H and O–H groups in total. The first kappa shape index (κ1) is 22.6. The number of rotatable bonds is 8. The van der Waals surface area contributed by atoms with E-state index in [1.54, 1.807) is 7.11 Å². The first-order valence-electron chi connectivity index (χ1n) is 10.8. The van der Waals surface area contributed by atoms with Gasteiger partial charge in [-0.3, -0.25) is 4.79 Å². The molecular formula is C22H27BClN5O3. The summed E-state index contributed by atoms with van der Waals surface area (Å²) in [6, 6.07) is 9.91. The number of carbonyl (C=O) groups excluding carboxylic acids is 1. The highest BCUT2D eigenvalue weighted by Crippen LogP contribution is 2.29. The van der Waals surface area contributed by atoms with E-state index in [4.69, 9.17) is 26.1 Å². The fourth-order valence-corrected chi connectivity index (χ4v) is 4.09. The van der Waals surface area contributed by atoms with E-state index in [0.717, 1.165) is 41.0 Å². The number of fused-ring (bicyclic) bond motifs is 1. The maximum Gasteiger partial charge on any atom is 0.248 e. The van der Waals surface area contributed by atoms with Crippen molar-refractivity contribution < 1.29 is 14.3 Å². The third-order valence-corrected chi connectivity index (χ3v) is 5.98. The summed E-state index contributed by atoms with van der Waals surface area (Å²) in [5.74, 6) is 0.889. The molecule has 1 aromatic carbocycles. The third kappa shape index (κ3) is 5.06. The van der Waals surface area contributed by atoms with Crippen LogP contribution in [0.2, 0.25) is 5.02 Å². The van der Waals surface area contributed by atoms with E-state index >= 15 is 0 Å². The Morgan fingerprint density at radius 2 is 2.06 bits per heavy atom. The normalized spacial score (nSPS) is 14.8. The molecular weight excluding hydrogens is 429 g/mol. The van der Waals surface area contributed by atoms with Crippen LogP contribution in [0.15, 0.2) is 36.5 Å². The predicted molar refractivity (Wildman–Crippen MR) is 128 cm³/mol. The number of benzene rings is 1. The van der Waals surface area contributed by atoms with Crippen molar-refractivity contribution in [3.8, 4) is 11.3 Å². The molecule has 1 aliphatic rings. The third-order valence-electron chi connectivity index (χ3n) is 5.65. The summed E-state index contributed by atoms with van der Waals surface area (Å²) in [4.78, 5) is 19.0. The van der Waals surface area contributed by atoms with Crippen molar-refractivity contribution in [3.05, 3.63) is 41.6 Å². The number of piperidine rings is 1. The van der Waals surface area contributed by atoms with Gasteiger partial charge in [-0.1, -0.05) is 29.8 Å². The van der Waals surface area contributed by atoms with Gasteiger partial charge in [-0.05, 0) is 24.4 Å². The molecule has 2 aromatic heterocycles. The minimum Gasteiger partial charge on any atom is -0.382 e. The van der Waals surface area contributed by atoms with Crippen LogP contribution in [-0.2, 0) is 14.3 Å². The lowest BCUT2D eigenvalue weighted by Crippen LogP contribution is -2.44. The molecule has 4 rings (SSSR count). The van der Waals surface area contributed by atoms with Crippen LogP contribution >= 0.6 is 11.6 Å². The molecule has 32 heavy (non-hydrogen) atoms. The topological polar surface area (TPSA) is 81.0 Å². The summed E-state index contributed by atoms with van der Waals surface area (Å²) in [5, 5.41) is 8.78. The average molecular weight is 456 g/mol. The van der Waals surface area contributed by atoms with E-state index < -0.39 is 0 Å². The van der Waals surface area contributed by atoms with E-state index in [1.807, 2.05) is 53.8 Å². The van der Waals surface area contributed by atoms with Crippen molar-refractivity contribution in [3.63, 3.8) is 0 Å². The maximum atomic E-state index is 12.3. The number of anilines is 1. The van der Waals surface area contributed by atoms with Crippen LogP contribution in [0.25, 0.3) is 16.9 Å². The van der Waals surface area contributed by atoms with Crippen LogP contribution in [0.3, 0.4) is 0 Å². The minimum atomic E-state index is 0.0227. The number of methoxy groups -OCH3 is 1. The summed E-state index contributed by atoms with van der Waals surface area (Å²) in [5.41, 5.74) is 3.48. The van der Waals surface area contributed by atoms with Gasteiger partial charge in [-0.25, -0.2) is 4.98 Å². The number of nitrogens with one attached hydrogen (secondary N) is 1. The Kier molecular flexibility index (Phi) is 7.29. The van der Waals surface area contributed by atoms with E-state index in [0.29, 0.717) is 31.3 Å². The van der Waals surface area contributed by atoms with Gasteiger partial charge in [0.1, 0.15) is 20.3 Å². The molecule has 0 unspecified atom stereocenters. The number of amides is 1. The summed E-state index contributed by atoms with van der Waals surface area (Å²) in [6.07, 6.45) is 3.50. The second-order valence-electron chi connectivity index (χ2n) is 7.91. The highest BCUT2D eigenvalue weighted by Gasteiger charge is 2.24. The molecule has 0 radical (unpaired) electrons. The van der Waals surface area contributed by atoms with Crippen LogP contribution in [0, 0.1) is 0 Å². The fraction of sp³-hybridized carbons (Fsp3) is 0.409. The van der Waals surface area contributed by atoms with E-state index in [2.05, 4.69) is 10.4 Å². The Hall–Kier alpha value is -2.62. The molecule has 1 aliphatic heterocycles. The summed E-state index contributed by atoms with van der Waals surface area (Å²) >= 11 is 6.43. The molecule has 0 spiro atoms. The molecule has 0 bridgehead atoms. The number of halogens is 1. The van der Waals surface area contributed by atoms with Gasteiger partial charge >= 0.3 is 0 Å². The van der Waals surface area contributed by atoms with Crippen LogP contribution in [-0.4, -0.2) is 79.3 Å². The lowest BCUT2D eigenvalue weighted by Gasteiger charge is -2.33. The van der Waals surface area contributed by atoms with Crippen molar-refractivity contribution in [2.45, 2.75) is 18.9 Å². The van der Waals surface area contributed by atoms with E-state index in [1.165, 1.54) is 0 Å². The van der Waals surface area contributed by atoms with E-state index in [9.17, 15) is 4.79 Å². The van der Waals surface area contributed by atoms with Crippen molar-refractivity contribution in [1.82, 2.24) is 19.5 Å². The summed E-state index contributed by atoms with van der Waals surface area (Å²) in [7, 11) is 3.61. The summed E-state index contributed by atoms with van der Waals surface area (Å²) < 4.78 is 12.1. The predicted octanol–water partition coefficient (Wildman–Crippen LogP) is 1.37. The zero-order valence-corrected chi connectivity index (χ0v) is 19.1. The quantitative estimate of drug-likeness (QED) is 0.408. The molecule has 3 aromatic rings. The molecule has 1 fully saturated rings. The van der Waals surface area contributed by atoms with Crippen LogP contribution in [0.1, 0.15) is 12.8 Å². The number of nitrogens with zero attached hydrogens (tertiary/aromatic N) is 4. The molecule has 168 valence electrons. The molecule has 1 amide bonds. The Bertz CT molecular complexity index is 1080. The highest BCUT2D eigenvalue weighted by atomic mass is 35.5. The van der Waals surface area contributed by atoms with Gasteiger partial charge in [-0.2, -0.15) is 9.61 Å². The highest BCUT2D eigenvalue weighted by molar-refractivity contribution is 6.36. The van der Waals surface area contributed by atoms with Crippen LogP contribution in [0.5, 0.6) is 0 Å². The van der Waals surface area contributed by atoms with Gasteiger partial charge in [-0.15, -0.1) is 0 Å². The van der Waals surface area contributed by atoms with Crippen LogP contribution in [0.4, 0.5) is 5.82 Å². The number of aromatic nitrogens is 3. The summed E-state index contributed by atoms with van der Waals surface area (Å²) in [6.45, 7) is 2.39. The molecule has 0 saturated carbocycles. The minimum absolute atomic E-state index is 0.0227. The van der Waals surface area contributed by atoms with Gasteiger partial charge in [0.05, 0.1) is 18.9 Å². The Balaban J connectivity index is 1.46. The van der Waals surface area contributed by atoms with Crippen molar-refractivity contribution in [2.24, 2.45) is 0 Å². The molecule has 0 atom stereocenters. The van der Waals surface area contributed by atoms with Crippen molar-refractivity contribution >= 4 is 42.3 Å². The molecule has 3 heterocycles. The average Bonchev–Trinajstić information content (AvgIpc) is 3.18. The Labute approximate surface area is 193 Å². The standard InChI is InChI=1S/C22H27BClN5O3/c1-31-10-11-32-14-21(30)28-8-6-15(7-9-28)26-20-12-19(16-4-2-3-5-18(16)24)27-22-17(23)13-25-29(20)22/h2-5,12-13,15,26H,6-11,14,23H2,1H3. The molecule has 0 aliphatic carbocycles. The number of likely N-dealkylation sites (tertiary alicyclic amines) is 1. The number of hydrogen-bond acceptors (Lipinski definition) is 6. The van der Waals surface area contributed by atoms with Crippen molar-refractivity contribution in [2.75, 3.05) is 45.3 Å². The van der Waals surface area contributed by atoms with Gasteiger partial charge in [0.2, 0.25) is 5.91 Å². The van der Waals surface area contributed by atoms with Gasteiger partial charge in [0.15, 0.2) is 5.65 Å². The first-order chi connectivity index (χ1) is 15.6. The lowest BCUT2D eigenvalue weighted by atomic mass is 10.0. The number of ether oxygens (including phenoxy) is 2. The molecule has 10 heteroatoms. The van der Waals surface area contributed by atoms with Gasteiger partial charge < -0.3 is 19.7 Å². The zero-order chi connectivity index (χ0) is 22.5. The first-order valence-corrected chi connectivity index (χ1v) is 11.2. The Morgan fingerprint density at radius 1 is 1.28 bits per heavy atom. The largest absolute Gasteiger partial charge is 0.382 e. The maximum absolute atomic E-state index is 12.3. The van der Waals surface area contributed by atoms with E-state index in [-0.39, 0.29) is 18.6 Å². The fourth-order valence-electron chi connectivity index (χ4n) is 3.86.